The van der Waals surface area contributed by atoms with Crippen LogP contribution in [0.25, 0.3) is 10.1 Å². The third-order valence-electron chi connectivity index (χ3n) is 3.28. The molecule has 0 saturated carbocycles. The molecule has 0 aliphatic carbocycles. The van der Waals surface area contributed by atoms with Crippen LogP contribution in [0.15, 0.2) is 29.6 Å². The van der Waals surface area contributed by atoms with Gasteiger partial charge in [0.15, 0.2) is 0 Å². The first-order valence-electron chi connectivity index (χ1n) is 6.36. The summed E-state index contributed by atoms with van der Waals surface area (Å²) >= 11 is 1.72. The van der Waals surface area contributed by atoms with Gasteiger partial charge in [0.2, 0.25) is 0 Å². The molecule has 1 aromatic carbocycles. The molecular weight excluding hydrogens is 228 g/mol. The second-order valence-electron chi connectivity index (χ2n) is 4.83. The molecule has 0 aliphatic heterocycles. The van der Waals surface area contributed by atoms with E-state index in [9.17, 15) is 5.11 Å². The summed E-state index contributed by atoms with van der Waals surface area (Å²) in [5, 5.41) is 13.6. The van der Waals surface area contributed by atoms with Crippen LogP contribution in [0.4, 0.5) is 0 Å². The summed E-state index contributed by atoms with van der Waals surface area (Å²) in [5.41, 5.74) is 1.11. The summed E-state index contributed by atoms with van der Waals surface area (Å²) in [6, 6.07) is 8.32. The second-order valence-corrected chi connectivity index (χ2v) is 5.74. The van der Waals surface area contributed by atoms with Crippen LogP contribution in [0.1, 0.15) is 44.8 Å². The molecule has 17 heavy (non-hydrogen) atoms. The van der Waals surface area contributed by atoms with Crippen molar-refractivity contribution in [3.05, 3.63) is 35.2 Å². The molecule has 2 aromatic rings. The maximum absolute atomic E-state index is 10.3. The monoisotopic (exact) mass is 248 g/mol. The summed E-state index contributed by atoms with van der Waals surface area (Å²) in [6.45, 7) is 4.42. The summed E-state index contributed by atoms with van der Waals surface area (Å²) in [4.78, 5) is 0. The van der Waals surface area contributed by atoms with Crippen molar-refractivity contribution < 1.29 is 5.11 Å². The highest BCUT2D eigenvalue weighted by molar-refractivity contribution is 7.17. The highest BCUT2D eigenvalue weighted by Crippen LogP contribution is 2.33. The molecule has 0 bridgehead atoms. The predicted octanol–water partition coefficient (Wildman–Crippen LogP) is 4.76. The Kier molecular flexibility index (Phi) is 4.19. The van der Waals surface area contributed by atoms with Crippen LogP contribution in [0, 0.1) is 5.92 Å². The lowest BCUT2D eigenvalue weighted by Crippen LogP contribution is -2.03. The molecule has 2 heteroatoms. The third-order valence-corrected chi connectivity index (χ3v) is 4.26. The maximum atomic E-state index is 10.3. The van der Waals surface area contributed by atoms with E-state index >= 15 is 0 Å². The van der Waals surface area contributed by atoms with Crippen molar-refractivity contribution in [2.24, 2.45) is 5.92 Å². The minimum absolute atomic E-state index is 0.312. The smallest absolute Gasteiger partial charge is 0.0806 e. The Balaban J connectivity index is 2.16. The number of fused-ring (bicyclic) bond motifs is 1. The minimum atomic E-state index is -0.312. The van der Waals surface area contributed by atoms with E-state index in [1.807, 2.05) is 6.07 Å². The van der Waals surface area contributed by atoms with Crippen LogP contribution in [0.2, 0.25) is 0 Å². The standard InChI is InChI=1S/C15H20OS/c1-3-6-11(2)9-14(16)13-10-17-15-8-5-4-7-12(13)15/h4-5,7-8,10-11,14,16H,3,6,9H2,1-2H3. The van der Waals surface area contributed by atoms with E-state index in [0.29, 0.717) is 5.92 Å². The maximum Gasteiger partial charge on any atom is 0.0806 e. The van der Waals surface area contributed by atoms with Gasteiger partial charge in [-0.2, -0.15) is 0 Å². The first-order chi connectivity index (χ1) is 8.22. The van der Waals surface area contributed by atoms with Crippen molar-refractivity contribution in [2.75, 3.05) is 0 Å². The third kappa shape index (κ3) is 2.88. The van der Waals surface area contributed by atoms with Gasteiger partial charge in [0, 0.05) is 4.70 Å². The molecule has 0 saturated heterocycles. The number of hydrogen-bond donors (Lipinski definition) is 1. The zero-order chi connectivity index (χ0) is 12.3. The van der Waals surface area contributed by atoms with Crippen molar-refractivity contribution in [3.63, 3.8) is 0 Å². The van der Waals surface area contributed by atoms with Crippen LogP contribution >= 0.6 is 11.3 Å². The fourth-order valence-electron chi connectivity index (χ4n) is 2.38. The van der Waals surface area contributed by atoms with Crippen LogP contribution in [0.3, 0.4) is 0 Å². The van der Waals surface area contributed by atoms with Gasteiger partial charge in [0.05, 0.1) is 6.10 Å². The molecule has 0 fully saturated rings. The second kappa shape index (κ2) is 5.65. The van der Waals surface area contributed by atoms with Gasteiger partial charge < -0.3 is 5.11 Å². The van der Waals surface area contributed by atoms with Gasteiger partial charge in [0.25, 0.3) is 0 Å². The van der Waals surface area contributed by atoms with Crippen LogP contribution in [-0.2, 0) is 0 Å². The molecule has 0 radical (unpaired) electrons. The number of aliphatic hydroxyl groups is 1. The van der Waals surface area contributed by atoms with Crippen LogP contribution in [-0.4, -0.2) is 5.11 Å². The first kappa shape index (κ1) is 12.6. The minimum Gasteiger partial charge on any atom is -0.388 e. The highest BCUT2D eigenvalue weighted by Gasteiger charge is 2.15. The number of hydrogen-bond acceptors (Lipinski definition) is 2. The molecule has 92 valence electrons. The Hall–Kier alpha value is -0.860. The Labute approximate surface area is 107 Å². The van der Waals surface area contributed by atoms with E-state index in [-0.39, 0.29) is 6.10 Å². The molecule has 2 rings (SSSR count). The van der Waals surface area contributed by atoms with Gasteiger partial charge in [-0.1, -0.05) is 44.9 Å². The molecule has 2 unspecified atom stereocenters. The lowest BCUT2D eigenvalue weighted by Gasteiger charge is -2.15. The van der Waals surface area contributed by atoms with Crippen molar-refractivity contribution in [1.29, 1.82) is 0 Å². The average Bonchev–Trinajstić information content (AvgIpc) is 2.72. The molecule has 0 amide bonds. The molecule has 1 aromatic heterocycles. The summed E-state index contributed by atoms with van der Waals surface area (Å²) in [6.07, 6.45) is 2.94. The van der Waals surface area contributed by atoms with E-state index in [4.69, 9.17) is 0 Å². The number of thiophene rings is 1. The first-order valence-corrected chi connectivity index (χ1v) is 7.24. The lowest BCUT2D eigenvalue weighted by molar-refractivity contribution is 0.147. The summed E-state index contributed by atoms with van der Waals surface area (Å²) in [7, 11) is 0. The highest BCUT2D eigenvalue weighted by atomic mass is 32.1. The zero-order valence-corrected chi connectivity index (χ0v) is 11.3. The van der Waals surface area contributed by atoms with Gasteiger partial charge in [-0.05, 0) is 34.7 Å². The van der Waals surface area contributed by atoms with Gasteiger partial charge in [-0.25, -0.2) is 0 Å². The van der Waals surface area contributed by atoms with E-state index in [1.54, 1.807) is 11.3 Å². The zero-order valence-electron chi connectivity index (χ0n) is 10.5. The molecular formula is C15H20OS. The quantitative estimate of drug-likeness (QED) is 0.808. The Morgan fingerprint density at radius 1 is 1.29 bits per heavy atom. The van der Waals surface area contributed by atoms with Crippen molar-refractivity contribution in [1.82, 2.24) is 0 Å². The number of aliphatic hydroxyl groups excluding tert-OH is 1. The molecule has 1 nitrogen and oxygen atoms in total. The van der Waals surface area contributed by atoms with Gasteiger partial charge in [-0.15, -0.1) is 11.3 Å². The van der Waals surface area contributed by atoms with E-state index in [0.717, 1.165) is 12.0 Å². The molecule has 2 atom stereocenters. The topological polar surface area (TPSA) is 20.2 Å². The molecule has 1 N–H and O–H groups in total. The lowest BCUT2D eigenvalue weighted by atomic mass is 9.95. The van der Waals surface area contributed by atoms with E-state index < -0.39 is 0 Å². The van der Waals surface area contributed by atoms with Gasteiger partial charge in [-0.3, -0.25) is 0 Å². The fourth-order valence-corrected chi connectivity index (χ4v) is 3.38. The number of rotatable bonds is 5. The van der Waals surface area contributed by atoms with E-state index in [1.165, 1.54) is 22.9 Å². The van der Waals surface area contributed by atoms with Crippen LogP contribution in [0.5, 0.6) is 0 Å². The van der Waals surface area contributed by atoms with Gasteiger partial charge in [0.1, 0.15) is 0 Å². The van der Waals surface area contributed by atoms with Crippen LogP contribution < -0.4 is 0 Å². The van der Waals surface area contributed by atoms with Crippen molar-refractivity contribution in [3.8, 4) is 0 Å². The Morgan fingerprint density at radius 3 is 2.82 bits per heavy atom. The molecule has 0 spiro atoms. The average molecular weight is 248 g/mol. The Bertz CT molecular complexity index is 474. The predicted molar refractivity (Wildman–Crippen MR) is 75.5 cm³/mol. The largest absolute Gasteiger partial charge is 0.388 e. The fraction of sp³-hybridized carbons (Fsp3) is 0.467. The molecule has 0 aliphatic rings. The SMILES string of the molecule is CCCC(C)CC(O)c1csc2ccccc12. The van der Waals surface area contributed by atoms with Gasteiger partial charge >= 0.3 is 0 Å². The Morgan fingerprint density at radius 2 is 2.06 bits per heavy atom. The molecule has 1 heterocycles. The normalized spacial score (nSPS) is 15.0. The van der Waals surface area contributed by atoms with Crippen molar-refractivity contribution >= 4 is 21.4 Å². The van der Waals surface area contributed by atoms with Crippen molar-refractivity contribution in [2.45, 2.75) is 39.2 Å². The summed E-state index contributed by atoms with van der Waals surface area (Å²) < 4.78 is 1.27. The summed E-state index contributed by atoms with van der Waals surface area (Å²) in [5.74, 6) is 0.591. The van der Waals surface area contributed by atoms with E-state index in [2.05, 4.69) is 37.4 Å². The number of benzene rings is 1.